The van der Waals surface area contributed by atoms with E-state index in [9.17, 15) is 20.0 Å². The van der Waals surface area contributed by atoms with Gasteiger partial charge in [0.2, 0.25) is 5.91 Å². The van der Waals surface area contributed by atoms with Crippen LogP contribution in [0, 0.1) is 11.3 Å². The molecule has 3 N–H and O–H groups in total. The normalized spacial score (nSPS) is 16.3. The lowest BCUT2D eigenvalue weighted by atomic mass is 9.90. The summed E-state index contributed by atoms with van der Waals surface area (Å²) in [5.74, 6) is -0.408. The minimum Gasteiger partial charge on any atom is -0.480 e. The number of unbranched alkanes of at least 4 members (excludes halogenated alkanes) is 1. The third-order valence-corrected chi connectivity index (χ3v) is 6.83. The molecule has 0 bridgehead atoms. The number of rotatable bonds is 12. The van der Waals surface area contributed by atoms with Crippen molar-refractivity contribution in [3.05, 3.63) is 58.8 Å². The van der Waals surface area contributed by atoms with Crippen LogP contribution in [0.5, 0.6) is 0 Å². The Bertz CT molecular complexity index is 1110. The molecule has 8 nitrogen and oxygen atoms in total. The van der Waals surface area contributed by atoms with Crippen LogP contribution in [0.3, 0.4) is 0 Å². The number of fused-ring (bicyclic) bond motifs is 1. The number of amides is 1. The molecule has 35 heavy (non-hydrogen) atoms. The molecule has 0 spiro atoms. The zero-order valence-corrected chi connectivity index (χ0v) is 19.9. The lowest BCUT2D eigenvalue weighted by Gasteiger charge is -2.21. The van der Waals surface area contributed by atoms with Crippen LogP contribution in [0.15, 0.2) is 36.4 Å². The van der Waals surface area contributed by atoms with Crippen molar-refractivity contribution in [1.82, 2.24) is 10.3 Å². The Morgan fingerprint density at radius 1 is 1.20 bits per heavy atom. The Labute approximate surface area is 205 Å². The van der Waals surface area contributed by atoms with E-state index in [1.807, 2.05) is 0 Å². The van der Waals surface area contributed by atoms with Gasteiger partial charge in [0.15, 0.2) is 0 Å². The summed E-state index contributed by atoms with van der Waals surface area (Å²) in [5, 5.41) is 25.0. The van der Waals surface area contributed by atoms with E-state index in [0.717, 1.165) is 50.2 Å². The molecule has 2 heterocycles. The summed E-state index contributed by atoms with van der Waals surface area (Å²) in [6, 6.07) is 12.4. The molecule has 8 heteroatoms. The smallest absolute Gasteiger partial charge is 0.326 e. The summed E-state index contributed by atoms with van der Waals surface area (Å²) in [5.41, 5.74) is 2.67. The number of aryl methyl sites for hydroxylation is 2. The number of carbonyl (C=O) groups is 2. The summed E-state index contributed by atoms with van der Waals surface area (Å²) >= 11 is 0. The summed E-state index contributed by atoms with van der Waals surface area (Å²) < 4.78 is 5.66. The highest BCUT2D eigenvalue weighted by Gasteiger charge is 2.53. The van der Waals surface area contributed by atoms with E-state index < -0.39 is 17.4 Å². The van der Waals surface area contributed by atoms with Crippen LogP contribution in [0.2, 0.25) is 0 Å². The topological polar surface area (TPSA) is 124 Å². The molecule has 1 aliphatic heterocycles. The van der Waals surface area contributed by atoms with E-state index in [1.54, 1.807) is 24.3 Å². The van der Waals surface area contributed by atoms with Crippen molar-refractivity contribution in [2.75, 3.05) is 25.1 Å². The van der Waals surface area contributed by atoms with E-state index in [4.69, 9.17) is 9.72 Å². The van der Waals surface area contributed by atoms with Gasteiger partial charge in [-0.15, -0.1) is 0 Å². The van der Waals surface area contributed by atoms with Gasteiger partial charge in [-0.3, -0.25) is 4.79 Å². The highest BCUT2D eigenvalue weighted by atomic mass is 16.5. The molecule has 2 aliphatic rings. The van der Waals surface area contributed by atoms with Gasteiger partial charge in [0.1, 0.15) is 11.9 Å². The van der Waals surface area contributed by atoms with Crippen LogP contribution < -0.4 is 10.6 Å². The highest BCUT2D eigenvalue weighted by molar-refractivity contribution is 5.94. The lowest BCUT2D eigenvalue weighted by Crippen LogP contribution is -2.46. The summed E-state index contributed by atoms with van der Waals surface area (Å²) in [4.78, 5) is 29.4. The second-order valence-electron chi connectivity index (χ2n) is 9.30. The highest BCUT2D eigenvalue weighted by Crippen LogP contribution is 2.49. The monoisotopic (exact) mass is 476 g/mol. The molecule has 0 unspecified atom stereocenters. The molecule has 4 rings (SSSR count). The second kappa shape index (κ2) is 11.3. The Morgan fingerprint density at radius 3 is 2.80 bits per heavy atom. The van der Waals surface area contributed by atoms with E-state index in [1.165, 1.54) is 5.56 Å². The molecule has 1 fully saturated rings. The van der Waals surface area contributed by atoms with Gasteiger partial charge in [0.25, 0.3) is 0 Å². The molecule has 1 amide bonds. The van der Waals surface area contributed by atoms with Crippen LogP contribution in [0.4, 0.5) is 5.82 Å². The van der Waals surface area contributed by atoms with E-state index in [0.29, 0.717) is 30.6 Å². The fourth-order valence-corrected chi connectivity index (χ4v) is 4.62. The molecule has 1 atom stereocenters. The van der Waals surface area contributed by atoms with E-state index >= 15 is 0 Å². The number of carboxylic acids is 1. The Morgan fingerprint density at radius 2 is 2.03 bits per heavy atom. The van der Waals surface area contributed by atoms with Crippen LogP contribution in [0.25, 0.3) is 0 Å². The number of nitrogens with one attached hydrogen (secondary N) is 2. The van der Waals surface area contributed by atoms with Crippen molar-refractivity contribution >= 4 is 17.7 Å². The van der Waals surface area contributed by atoms with Crippen molar-refractivity contribution in [2.24, 2.45) is 0 Å². The number of pyridine rings is 1. The second-order valence-corrected chi connectivity index (χ2v) is 9.30. The Hall–Kier alpha value is -3.44. The molecule has 1 aromatic carbocycles. The first-order valence-corrected chi connectivity index (χ1v) is 12.4. The third-order valence-electron chi connectivity index (χ3n) is 6.83. The molecule has 1 saturated carbocycles. The molecular formula is C27H32N4O4. The predicted octanol–water partition coefficient (Wildman–Crippen LogP) is 3.34. The van der Waals surface area contributed by atoms with Crippen LogP contribution in [-0.4, -0.2) is 47.8 Å². The molecule has 1 aromatic heterocycles. The number of hydrogen-bond acceptors (Lipinski definition) is 6. The van der Waals surface area contributed by atoms with Gasteiger partial charge in [0.05, 0.1) is 17.0 Å². The minimum absolute atomic E-state index is 0.190. The minimum atomic E-state index is -1.08. The number of carbonyl (C=O) groups excluding carboxylic acids is 1. The van der Waals surface area contributed by atoms with Gasteiger partial charge in [-0.1, -0.05) is 24.3 Å². The van der Waals surface area contributed by atoms with Gasteiger partial charge in [-0.2, -0.15) is 5.26 Å². The first-order chi connectivity index (χ1) is 17.0. The number of ether oxygens (including phenoxy) is 1. The summed E-state index contributed by atoms with van der Waals surface area (Å²) in [6.45, 7) is 1.76. The lowest BCUT2D eigenvalue weighted by molar-refractivity contribution is -0.142. The molecule has 0 radical (unpaired) electrons. The van der Waals surface area contributed by atoms with Gasteiger partial charge >= 0.3 is 5.97 Å². The van der Waals surface area contributed by atoms with Crippen LogP contribution >= 0.6 is 0 Å². The van der Waals surface area contributed by atoms with Crippen LogP contribution in [0.1, 0.15) is 60.9 Å². The van der Waals surface area contributed by atoms with E-state index in [2.05, 4.69) is 28.8 Å². The zero-order chi connectivity index (χ0) is 24.7. The van der Waals surface area contributed by atoms with Crippen molar-refractivity contribution in [1.29, 1.82) is 5.26 Å². The van der Waals surface area contributed by atoms with Crippen molar-refractivity contribution in [2.45, 2.75) is 62.8 Å². The number of carboxylic acid groups (broad SMARTS) is 1. The average Bonchev–Trinajstić information content (AvgIpc) is 3.69. The summed E-state index contributed by atoms with van der Waals surface area (Å²) in [7, 11) is 0. The maximum atomic E-state index is 13.0. The van der Waals surface area contributed by atoms with Gasteiger partial charge in [-0.25, -0.2) is 9.78 Å². The van der Waals surface area contributed by atoms with Gasteiger partial charge in [0, 0.05) is 31.9 Å². The first kappa shape index (κ1) is 24.7. The SMILES string of the molecule is N#Cc1ccccc1C1(C(=O)N[C@@H](CCOCCCCc2ccc3c(n2)NCCC3)C(=O)O)CC1. The van der Waals surface area contributed by atoms with Gasteiger partial charge < -0.3 is 20.5 Å². The maximum absolute atomic E-state index is 13.0. The van der Waals surface area contributed by atoms with Crippen molar-refractivity contribution in [3.63, 3.8) is 0 Å². The first-order valence-electron chi connectivity index (χ1n) is 12.4. The van der Waals surface area contributed by atoms with Crippen molar-refractivity contribution < 1.29 is 19.4 Å². The zero-order valence-electron chi connectivity index (χ0n) is 19.9. The number of aliphatic carboxylic acids is 1. The molecule has 184 valence electrons. The number of anilines is 1. The van der Waals surface area contributed by atoms with Gasteiger partial charge in [-0.05, 0) is 68.2 Å². The number of benzene rings is 1. The maximum Gasteiger partial charge on any atom is 0.326 e. The fourth-order valence-electron chi connectivity index (χ4n) is 4.62. The van der Waals surface area contributed by atoms with E-state index in [-0.39, 0.29) is 18.9 Å². The molecule has 0 saturated heterocycles. The number of aromatic nitrogens is 1. The third kappa shape index (κ3) is 5.98. The quantitative estimate of drug-likeness (QED) is 0.401. The predicted molar refractivity (Wildman–Crippen MR) is 131 cm³/mol. The van der Waals surface area contributed by atoms with Crippen molar-refractivity contribution in [3.8, 4) is 6.07 Å². The number of nitriles is 1. The summed E-state index contributed by atoms with van der Waals surface area (Å²) in [6.07, 6.45) is 6.29. The fraction of sp³-hybridized carbons (Fsp3) is 0.481. The molecule has 1 aliphatic carbocycles. The largest absolute Gasteiger partial charge is 0.480 e. The van der Waals surface area contributed by atoms with Crippen LogP contribution in [-0.2, 0) is 32.6 Å². The molecule has 2 aromatic rings. The molecular weight excluding hydrogens is 444 g/mol. The number of nitrogens with zero attached hydrogens (tertiary/aromatic N) is 2. The standard InChI is InChI=1S/C27H32N4O4/c28-18-20-6-1-2-9-22(20)27(13-14-27)26(34)31-23(25(32)33)12-17-35-16-4-3-8-21-11-10-19-7-5-15-29-24(19)30-21/h1-2,6,9-11,23H,3-5,7-8,12-17H2,(H,29,30)(H,31,34)(H,32,33)/t23-/m0/s1. The Balaban J connectivity index is 1.18. The Kier molecular flexibility index (Phi) is 7.98. The number of hydrogen-bond donors (Lipinski definition) is 3. The average molecular weight is 477 g/mol.